The summed E-state index contributed by atoms with van der Waals surface area (Å²) in [4.78, 5) is 20.4. The first-order valence-electron chi connectivity index (χ1n) is 8.65. The van der Waals surface area contributed by atoms with Crippen molar-refractivity contribution in [3.05, 3.63) is 47.8 Å². The second-order valence-electron chi connectivity index (χ2n) is 6.39. The van der Waals surface area contributed by atoms with Crippen LogP contribution in [0.1, 0.15) is 22.3 Å². The predicted molar refractivity (Wildman–Crippen MR) is 102 cm³/mol. The van der Waals surface area contributed by atoms with Gasteiger partial charge in [0.1, 0.15) is 5.75 Å². The summed E-state index contributed by atoms with van der Waals surface area (Å²) in [7, 11) is -1.40. The van der Waals surface area contributed by atoms with E-state index in [1.165, 1.54) is 12.4 Å². The molecule has 1 amide bonds. The van der Waals surface area contributed by atoms with Crippen LogP contribution in [0.5, 0.6) is 5.75 Å². The Balaban J connectivity index is 1.47. The van der Waals surface area contributed by atoms with Crippen molar-refractivity contribution in [3.63, 3.8) is 0 Å². The van der Waals surface area contributed by atoms with Crippen molar-refractivity contribution in [1.29, 1.82) is 0 Å². The molecule has 1 aliphatic heterocycles. The average Bonchev–Trinajstić information content (AvgIpc) is 3.01. The number of carbonyl (C=O) groups is 1. The summed E-state index contributed by atoms with van der Waals surface area (Å²) in [6.45, 7) is 0.651. The van der Waals surface area contributed by atoms with Crippen LogP contribution in [0.15, 0.2) is 36.7 Å². The number of anilines is 1. The maximum atomic E-state index is 12.2. The smallest absolute Gasteiger partial charge is 0.254 e. The van der Waals surface area contributed by atoms with Gasteiger partial charge >= 0.3 is 0 Å². The van der Waals surface area contributed by atoms with Crippen LogP contribution in [0.3, 0.4) is 0 Å². The molecule has 1 atom stereocenters. The summed E-state index contributed by atoms with van der Waals surface area (Å²) >= 11 is 0. The van der Waals surface area contributed by atoms with Gasteiger partial charge in [0.15, 0.2) is 9.84 Å². The van der Waals surface area contributed by atoms with Gasteiger partial charge in [-0.25, -0.2) is 18.4 Å². The lowest BCUT2D eigenvalue weighted by atomic mass is 10.1. The molecule has 0 spiro atoms. The molecular weight excluding hydrogens is 368 g/mol. The number of nitrogens with one attached hydrogen (secondary N) is 2. The summed E-state index contributed by atoms with van der Waals surface area (Å²) < 4.78 is 28.0. The second kappa shape index (κ2) is 8.34. The zero-order valence-electron chi connectivity index (χ0n) is 15.0. The van der Waals surface area contributed by atoms with Gasteiger partial charge in [0.05, 0.1) is 24.2 Å². The second-order valence-corrected chi connectivity index (χ2v) is 8.62. The fourth-order valence-corrected chi connectivity index (χ4v) is 4.50. The van der Waals surface area contributed by atoms with Gasteiger partial charge in [0.2, 0.25) is 5.95 Å². The predicted octanol–water partition coefficient (Wildman–Crippen LogP) is 1.06. The van der Waals surface area contributed by atoms with E-state index in [-0.39, 0.29) is 23.5 Å². The van der Waals surface area contributed by atoms with Gasteiger partial charge < -0.3 is 15.4 Å². The first-order valence-corrected chi connectivity index (χ1v) is 10.5. The van der Waals surface area contributed by atoms with Crippen molar-refractivity contribution in [1.82, 2.24) is 15.3 Å². The van der Waals surface area contributed by atoms with E-state index in [0.717, 1.165) is 17.7 Å². The minimum atomic E-state index is -3.03. The highest BCUT2D eigenvalue weighted by Gasteiger charge is 2.29. The molecule has 0 bridgehead atoms. The highest BCUT2D eigenvalue weighted by atomic mass is 32.2. The highest BCUT2D eigenvalue weighted by Crippen LogP contribution is 2.13. The van der Waals surface area contributed by atoms with E-state index in [2.05, 4.69) is 20.6 Å². The quantitative estimate of drug-likeness (QED) is 0.727. The van der Waals surface area contributed by atoms with Gasteiger partial charge in [-0.15, -0.1) is 0 Å². The van der Waals surface area contributed by atoms with Crippen LogP contribution in [0.2, 0.25) is 0 Å². The van der Waals surface area contributed by atoms with Gasteiger partial charge in [-0.1, -0.05) is 12.1 Å². The minimum Gasteiger partial charge on any atom is -0.497 e. The topological polar surface area (TPSA) is 110 Å². The van der Waals surface area contributed by atoms with E-state index in [4.69, 9.17) is 4.74 Å². The molecule has 0 radical (unpaired) electrons. The number of ether oxygens (including phenoxy) is 1. The molecule has 2 aromatic rings. The molecule has 3 rings (SSSR count). The number of methoxy groups -OCH3 is 1. The molecule has 0 aliphatic carbocycles. The number of sulfone groups is 1. The molecule has 1 saturated heterocycles. The van der Waals surface area contributed by atoms with Crippen LogP contribution in [-0.2, 0) is 16.3 Å². The highest BCUT2D eigenvalue weighted by molar-refractivity contribution is 7.91. The standard InChI is InChI=1S/C18H22N4O4S/c1-26-16-4-2-13(3-5-16)6-8-19-18-20-10-14(11-21-18)17(23)22-15-7-9-27(24,25)12-15/h2-5,10-11,15H,6-9,12H2,1H3,(H,22,23)(H,19,20,21). The number of hydrogen-bond acceptors (Lipinski definition) is 7. The molecule has 8 nitrogen and oxygen atoms in total. The molecule has 2 heterocycles. The van der Waals surface area contributed by atoms with Gasteiger partial charge in [-0.2, -0.15) is 0 Å². The first-order chi connectivity index (χ1) is 12.9. The lowest BCUT2D eigenvalue weighted by molar-refractivity contribution is 0.0940. The number of rotatable bonds is 7. The average molecular weight is 390 g/mol. The summed E-state index contributed by atoms with van der Waals surface area (Å²) in [5, 5.41) is 5.82. The molecule has 1 fully saturated rings. The lowest BCUT2D eigenvalue weighted by Gasteiger charge is -2.11. The van der Waals surface area contributed by atoms with Crippen molar-refractivity contribution >= 4 is 21.7 Å². The monoisotopic (exact) mass is 390 g/mol. The number of aromatic nitrogens is 2. The lowest BCUT2D eigenvalue weighted by Crippen LogP contribution is -2.35. The Labute approximate surface area is 158 Å². The number of carbonyl (C=O) groups excluding carboxylic acids is 1. The van der Waals surface area contributed by atoms with Crippen LogP contribution >= 0.6 is 0 Å². The minimum absolute atomic E-state index is 0.00933. The van der Waals surface area contributed by atoms with E-state index in [0.29, 0.717) is 24.5 Å². The number of benzene rings is 1. The summed E-state index contributed by atoms with van der Waals surface area (Å²) in [5.74, 6) is 1.00. The summed E-state index contributed by atoms with van der Waals surface area (Å²) in [6, 6.07) is 7.48. The Kier molecular flexibility index (Phi) is 5.90. The summed E-state index contributed by atoms with van der Waals surface area (Å²) in [6.07, 6.45) is 4.11. The van der Waals surface area contributed by atoms with Crippen molar-refractivity contribution < 1.29 is 17.9 Å². The van der Waals surface area contributed by atoms with Crippen LogP contribution in [-0.4, -0.2) is 55.5 Å². The van der Waals surface area contributed by atoms with Crippen LogP contribution in [0.4, 0.5) is 5.95 Å². The number of nitrogens with zero attached hydrogens (tertiary/aromatic N) is 2. The maximum absolute atomic E-state index is 12.2. The van der Waals surface area contributed by atoms with E-state index >= 15 is 0 Å². The van der Waals surface area contributed by atoms with E-state index in [9.17, 15) is 13.2 Å². The fraction of sp³-hybridized carbons (Fsp3) is 0.389. The molecule has 144 valence electrons. The molecular formula is C18H22N4O4S. The zero-order valence-corrected chi connectivity index (χ0v) is 15.8. The molecule has 2 N–H and O–H groups in total. The van der Waals surface area contributed by atoms with Crippen molar-refractivity contribution in [3.8, 4) is 5.75 Å². The molecule has 9 heteroatoms. The normalized spacial score (nSPS) is 18.0. The first kappa shape index (κ1) is 19.1. The van der Waals surface area contributed by atoms with Crippen molar-refractivity contribution in [2.75, 3.05) is 30.5 Å². The molecule has 27 heavy (non-hydrogen) atoms. The Morgan fingerprint density at radius 2 is 1.93 bits per heavy atom. The van der Waals surface area contributed by atoms with E-state index in [1.54, 1.807) is 7.11 Å². The molecule has 0 saturated carbocycles. The Morgan fingerprint density at radius 3 is 2.52 bits per heavy atom. The van der Waals surface area contributed by atoms with Crippen molar-refractivity contribution in [2.45, 2.75) is 18.9 Å². The third-order valence-electron chi connectivity index (χ3n) is 4.34. The Bertz CT molecular complexity index is 883. The largest absolute Gasteiger partial charge is 0.497 e. The zero-order chi connectivity index (χ0) is 19.3. The Hall–Kier alpha value is -2.68. The molecule has 1 aliphatic rings. The van der Waals surface area contributed by atoms with Gasteiger partial charge in [0.25, 0.3) is 5.91 Å². The van der Waals surface area contributed by atoms with Gasteiger partial charge in [-0.05, 0) is 30.5 Å². The van der Waals surface area contributed by atoms with Gasteiger partial charge in [0, 0.05) is 25.0 Å². The van der Waals surface area contributed by atoms with Crippen LogP contribution in [0, 0.1) is 0 Å². The third-order valence-corrected chi connectivity index (χ3v) is 6.11. The van der Waals surface area contributed by atoms with Crippen molar-refractivity contribution in [2.24, 2.45) is 0 Å². The maximum Gasteiger partial charge on any atom is 0.254 e. The fourth-order valence-electron chi connectivity index (χ4n) is 2.82. The SMILES string of the molecule is COc1ccc(CCNc2ncc(C(=O)NC3CCS(=O)(=O)C3)cn2)cc1. The molecule has 1 unspecified atom stereocenters. The van der Waals surface area contributed by atoms with E-state index < -0.39 is 9.84 Å². The number of amides is 1. The van der Waals surface area contributed by atoms with Gasteiger partial charge in [-0.3, -0.25) is 4.79 Å². The van der Waals surface area contributed by atoms with E-state index in [1.807, 2.05) is 24.3 Å². The van der Waals surface area contributed by atoms with Crippen LogP contribution in [0.25, 0.3) is 0 Å². The molecule has 1 aromatic carbocycles. The van der Waals surface area contributed by atoms with Crippen LogP contribution < -0.4 is 15.4 Å². The Morgan fingerprint density at radius 1 is 1.22 bits per heavy atom. The third kappa shape index (κ3) is 5.40. The molecule has 1 aromatic heterocycles. The number of hydrogen-bond donors (Lipinski definition) is 2. The summed E-state index contributed by atoms with van der Waals surface area (Å²) in [5.41, 5.74) is 1.46.